The molecule has 0 aromatic heterocycles. The quantitative estimate of drug-likeness (QED) is 0.897. The SMILES string of the molecule is Cc1ccc(NC(=O)NCc2ccc(N3CCOCC3)cc2)c(C)c1. The molecule has 0 spiro atoms. The molecule has 0 bridgehead atoms. The Labute approximate surface area is 149 Å². The first-order valence-electron chi connectivity index (χ1n) is 8.65. The highest BCUT2D eigenvalue weighted by atomic mass is 16.5. The summed E-state index contributed by atoms with van der Waals surface area (Å²) < 4.78 is 5.38. The van der Waals surface area contributed by atoms with Gasteiger partial charge in [-0.2, -0.15) is 0 Å². The lowest BCUT2D eigenvalue weighted by atomic mass is 10.1. The van der Waals surface area contributed by atoms with E-state index in [9.17, 15) is 4.79 Å². The Morgan fingerprint density at radius 3 is 2.48 bits per heavy atom. The number of aryl methyl sites for hydroxylation is 2. The third kappa shape index (κ3) is 4.73. The number of benzene rings is 2. The average molecular weight is 339 g/mol. The molecule has 0 aliphatic carbocycles. The molecule has 2 aromatic carbocycles. The Hall–Kier alpha value is -2.53. The second kappa shape index (κ2) is 8.03. The Bertz CT molecular complexity index is 722. The maximum Gasteiger partial charge on any atom is 0.319 e. The monoisotopic (exact) mass is 339 g/mol. The van der Waals surface area contributed by atoms with Crippen LogP contribution in [0.5, 0.6) is 0 Å². The molecule has 2 amide bonds. The van der Waals surface area contributed by atoms with Crippen molar-refractivity contribution < 1.29 is 9.53 Å². The predicted molar refractivity (Wildman–Crippen MR) is 101 cm³/mol. The van der Waals surface area contributed by atoms with Crippen molar-refractivity contribution in [2.45, 2.75) is 20.4 Å². The van der Waals surface area contributed by atoms with Gasteiger partial charge in [0.1, 0.15) is 0 Å². The van der Waals surface area contributed by atoms with Crippen molar-refractivity contribution in [2.75, 3.05) is 36.5 Å². The van der Waals surface area contributed by atoms with E-state index in [4.69, 9.17) is 4.74 Å². The number of nitrogens with one attached hydrogen (secondary N) is 2. The lowest BCUT2D eigenvalue weighted by Crippen LogP contribution is -2.36. The van der Waals surface area contributed by atoms with Gasteiger partial charge in [0, 0.05) is 31.0 Å². The zero-order valence-electron chi connectivity index (χ0n) is 14.8. The summed E-state index contributed by atoms with van der Waals surface area (Å²) in [6.07, 6.45) is 0. The number of urea groups is 1. The molecule has 132 valence electrons. The van der Waals surface area contributed by atoms with E-state index < -0.39 is 0 Å². The number of carbonyl (C=O) groups is 1. The number of morpholine rings is 1. The van der Waals surface area contributed by atoms with Gasteiger partial charge in [0.2, 0.25) is 0 Å². The average Bonchev–Trinajstić information content (AvgIpc) is 2.63. The lowest BCUT2D eigenvalue weighted by molar-refractivity contribution is 0.122. The van der Waals surface area contributed by atoms with Crippen LogP contribution in [0.3, 0.4) is 0 Å². The topological polar surface area (TPSA) is 53.6 Å². The summed E-state index contributed by atoms with van der Waals surface area (Å²) in [5.41, 5.74) is 5.36. The van der Waals surface area contributed by atoms with E-state index in [1.807, 2.05) is 26.0 Å². The first-order valence-corrected chi connectivity index (χ1v) is 8.65. The van der Waals surface area contributed by atoms with Crippen LogP contribution in [-0.2, 0) is 11.3 Å². The molecule has 1 heterocycles. The van der Waals surface area contributed by atoms with Crippen LogP contribution < -0.4 is 15.5 Å². The van der Waals surface area contributed by atoms with Gasteiger partial charge in [0.15, 0.2) is 0 Å². The van der Waals surface area contributed by atoms with Gasteiger partial charge in [0.25, 0.3) is 0 Å². The third-order valence-electron chi connectivity index (χ3n) is 4.40. The number of nitrogens with zero attached hydrogens (tertiary/aromatic N) is 1. The van der Waals surface area contributed by atoms with Crippen LogP contribution in [0.4, 0.5) is 16.2 Å². The van der Waals surface area contributed by atoms with E-state index in [0.717, 1.165) is 43.1 Å². The molecule has 0 saturated carbocycles. The van der Waals surface area contributed by atoms with Crippen LogP contribution in [-0.4, -0.2) is 32.3 Å². The molecule has 0 radical (unpaired) electrons. The highest BCUT2D eigenvalue weighted by Gasteiger charge is 2.11. The largest absolute Gasteiger partial charge is 0.378 e. The summed E-state index contributed by atoms with van der Waals surface area (Å²) in [5, 5.41) is 5.80. The minimum absolute atomic E-state index is 0.191. The molecule has 1 saturated heterocycles. The van der Waals surface area contributed by atoms with Crippen LogP contribution in [0.15, 0.2) is 42.5 Å². The van der Waals surface area contributed by atoms with Crippen molar-refractivity contribution in [3.8, 4) is 0 Å². The summed E-state index contributed by atoms with van der Waals surface area (Å²) in [6.45, 7) is 7.94. The van der Waals surface area contributed by atoms with Crippen molar-refractivity contribution in [1.29, 1.82) is 0 Å². The second-order valence-corrected chi connectivity index (χ2v) is 6.39. The number of ether oxygens (including phenoxy) is 1. The summed E-state index contributed by atoms with van der Waals surface area (Å²) in [4.78, 5) is 14.4. The van der Waals surface area contributed by atoms with Crippen molar-refractivity contribution in [2.24, 2.45) is 0 Å². The lowest BCUT2D eigenvalue weighted by Gasteiger charge is -2.28. The second-order valence-electron chi connectivity index (χ2n) is 6.39. The van der Waals surface area contributed by atoms with E-state index in [1.165, 1.54) is 11.3 Å². The summed E-state index contributed by atoms with van der Waals surface area (Å²) in [7, 11) is 0. The molecule has 25 heavy (non-hydrogen) atoms. The molecular formula is C20H25N3O2. The summed E-state index contributed by atoms with van der Waals surface area (Å²) >= 11 is 0. The minimum Gasteiger partial charge on any atom is -0.378 e. The van der Waals surface area contributed by atoms with Crippen molar-refractivity contribution in [3.63, 3.8) is 0 Å². The number of anilines is 2. The molecule has 5 heteroatoms. The highest BCUT2D eigenvalue weighted by Crippen LogP contribution is 2.17. The molecule has 1 fully saturated rings. The van der Waals surface area contributed by atoms with E-state index in [2.05, 4.69) is 45.9 Å². The highest BCUT2D eigenvalue weighted by molar-refractivity contribution is 5.90. The van der Waals surface area contributed by atoms with E-state index in [-0.39, 0.29) is 6.03 Å². The fourth-order valence-corrected chi connectivity index (χ4v) is 2.95. The van der Waals surface area contributed by atoms with E-state index in [1.54, 1.807) is 0 Å². The fraction of sp³-hybridized carbons (Fsp3) is 0.350. The first kappa shape index (κ1) is 17.3. The zero-order chi connectivity index (χ0) is 17.6. The van der Waals surface area contributed by atoms with Crippen LogP contribution in [0, 0.1) is 13.8 Å². The molecule has 5 nitrogen and oxygen atoms in total. The molecule has 1 aliphatic rings. The molecular weight excluding hydrogens is 314 g/mol. The number of rotatable bonds is 4. The summed E-state index contributed by atoms with van der Waals surface area (Å²) in [6, 6.07) is 14.1. The smallest absolute Gasteiger partial charge is 0.319 e. The van der Waals surface area contributed by atoms with Crippen molar-refractivity contribution >= 4 is 17.4 Å². The van der Waals surface area contributed by atoms with Gasteiger partial charge in [-0.3, -0.25) is 0 Å². The first-order chi connectivity index (χ1) is 12.1. The number of amides is 2. The van der Waals surface area contributed by atoms with Crippen LogP contribution >= 0.6 is 0 Å². The third-order valence-corrected chi connectivity index (χ3v) is 4.40. The number of hydrogen-bond acceptors (Lipinski definition) is 3. The van der Waals surface area contributed by atoms with E-state index in [0.29, 0.717) is 6.54 Å². The Morgan fingerprint density at radius 2 is 1.80 bits per heavy atom. The van der Waals surface area contributed by atoms with Gasteiger partial charge in [-0.1, -0.05) is 29.8 Å². The van der Waals surface area contributed by atoms with Gasteiger partial charge in [-0.05, 0) is 43.2 Å². The van der Waals surface area contributed by atoms with Gasteiger partial charge >= 0.3 is 6.03 Å². The minimum atomic E-state index is -0.191. The molecule has 2 aromatic rings. The van der Waals surface area contributed by atoms with Crippen LogP contribution in [0.25, 0.3) is 0 Å². The zero-order valence-corrected chi connectivity index (χ0v) is 14.8. The summed E-state index contributed by atoms with van der Waals surface area (Å²) in [5.74, 6) is 0. The van der Waals surface area contributed by atoms with Gasteiger partial charge < -0.3 is 20.3 Å². The molecule has 0 unspecified atom stereocenters. The van der Waals surface area contributed by atoms with Gasteiger partial charge in [-0.25, -0.2) is 4.79 Å². The van der Waals surface area contributed by atoms with Crippen molar-refractivity contribution in [3.05, 3.63) is 59.2 Å². The maximum atomic E-state index is 12.1. The number of carbonyl (C=O) groups excluding carboxylic acids is 1. The van der Waals surface area contributed by atoms with E-state index >= 15 is 0 Å². The van der Waals surface area contributed by atoms with Crippen LogP contribution in [0.2, 0.25) is 0 Å². The van der Waals surface area contributed by atoms with Crippen molar-refractivity contribution in [1.82, 2.24) is 5.32 Å². The van der Waals surface area contributed by atoms with Gasteiger partial charge in [-0.15, -0.1) is 0 Å². The predicted octanol–water partition coefficient (Wildman–Crippen LogP) is 3.46. The molecule has 3 rings (SSSR count). The van der Waals surface area contributed by atoms with Gasteiger partial charge in [0.05, 0.1) is 13.2 Å². The maximum absolute atomic E-state index is 12.1. The Balaban J connectivity index is 1.51. The van der Waals surface area contributed by atoms with Crippen LogP contribution in [0.1, 0.15) is 16.7 Å². The molecule has 0 atom stereocenters. The number of hydrogen-bond donors (Lipinski definition) is 2. The fourth-order valence-electron chi connectivity index (χ4n) is 2.95. The Morgan fingerprint density at radius 1 is 1.08 bits per heavy atom. The standard InChI is InChI=1S/C20H25N3O2/c1-15-3-8-19(16(2)13-15)22-20(24)21-14-17-4-6-18(7-5-17)23-9-11-25-12-10-23/h3-8,13H,9-12,14H2,1-2H3,(H2,21,22,24). The Kier molecular flexibility index (Phi) is 5.56. The molecule has 2 N–H and O–H groups in total. The normalized spacial score (nSPS) is 14.2. The molecule has 1 aliphatic heterocycles.